The van der Waals surface area contributed by atoms with Crippen LogP contribution in [-0.2, 0) is 21.4 Å². The summed E-state index contributed by atoms with van der Waals surface area (Å²) in [5.74, 6) is 0.482. The zero-order valence-corrected chi connectivity index (χ0v) is 13.7. The van der Waals surface area contributed by atoms with Crippen LogP contribution in [0.2, 0.25) is 0 Å². The van der Waals surface area contributed by atoms with Crippen LogP contribution in [0.5, 0.6) is 5.75 Å². The summed E-state index contributed by atoms with van der Waals surface area (Å²) in [6, 6.07) is 6.81. The molecule has 1 heterocycles. The van der Waals surface area contributed by atoms with Crippen LogP contribution in [0.25, 0.3) is 0 Å². The maximum absolute atomic E-state index is 12.3. The van der Waals surface area contributed by atoms with Crippen LogP contribution in [0.15, 0.2) is 24.3 Å². The van der Waals surface area contributed by atoms with Crippen LogP contribution in [0.4, 0.5) is 0 Å². The van der Waals surface area contributed by atoms with E-state index < -0.39 is 16.1 Å². The Hall–Kier alpha value is -1.60. The Balaban J connectivity index is 2.01. The van der Waals surface area contributed by atoms with E-state index in [-0.39, 0.29) is 5.91 Å². The summed E-state index contributed by atoms with van der Waals surface area (Å²) in [5, 5.41) is 2.82. The molecule has 6 nitrogen and oxygen atoms in total. The van der Waals surface area contributed by atoms with E-state index in [1.165, 1.54) is 4.31 Å². The smallest absolute Gasteiger partial charge is 0.238 e. The van der Waals surface area contributed by atoms with Gasteiger partial charge in [-0.25, -0.2) is 8.42 Å². The van der Waals surface area contributed by atoms with E-state index >= 15 is 0 Å². The number of ether oxygens (including phenoxy) is 1. The minimum absolute atomic E-state index is 0.243. The van der Waals surface area contributed by atoms with Crippen molar-refractivity contribution >= 4 is 15.9 Å². The van der Waals surface area contributed by atoms with Crippen molar-refractivity contribution in [2.24, 2.45) is 0 Å². The molecule has 0 aliphatic carbocycles. The number of hydrogen-bond acceptors (Lipinski definition) is 4. The molecule has 0 saturated carbocycles. The molecule has 1 aromatic carbocycles. The van der Waals surface area contributed by atoms with Crippen molar-refractivity contribution < 1.29 is 17.9 Å². The number of amides is 1. The third kappa shape index (κ3) is 4.20. The van der Waals surface area contributed by atoms with Crippen LogP contribution in [-0.4, -0.2) is 44.6 Å². The molecule has 0 radical (unpaired) electrons. The monoisotopic (exact) mass is 326 g/mol. The quantitative estimate of drug-likeness (QED) is 0.880. The maximum Gasteiger partial charge on any atom is 0.238 e. The van der Waals surface area contributed by atoms with Crippen molar-refractivity contribution in [2.45, 2.75) is 31.8 Å². The van der Waals surface area contributed by atoms with Crippen molar-refractivity contribution in [3.05, 3.63) is 29.8 Å². The van der Waals surface area contributed by atoms with Crippen molar-refractivity contribution in [1.29, 1.82) is 0 Å². The van der Waals surface area contributed by atoms with E-state index in [9.17, 15) is 13.2 Å². The van der Waals surface area contributed by atoms with Gasteiger partial charge in [0.25, 0.3) is 0 Å². The van der Waals surface area contributed by atoms with Crippen LogP contribution < -0.4 is 10.1 Å². The summed E-state index contributed by atoms with van der Waals surface area (Å²) in [7, 11) is -1.77. The highest BCUT2D eigenvalue weighted by molar-refractivity contribution is 7.88. The number of benzene rings is 1. The number of piperidine rings is 1. The van der Waals surface area contributed by atoms with Gasteiger partial charge in [-0.3, -0.25) is 4.79 Å². The fraction of sp³-hybridized carbons (Fsp3) is 0.533. The van der Waals surface area contributed by atoms with Gasteiger partial charge in [-0.2, -0.15) is 4.31 Å². The number of methoxy groups -OCH3 is 1. The first-order valence-electron chi connectivity index (χ1n) is 7.29. The third-order valence-electron chi connectivity index (χ3n) is 3.78. The lowest BCUT2D eigenvalue weighted by Gasteiger charge is -2.32. The van der Waals surface area contributed by atoms with E-state index in [0.717, 1.165) is 30.4 Å². The van der Waals surface area contributed by atoms with E-state index in [2.05, 4.69) is 5.32 Å². The molecule has 1 amide bonds. The predicted octanol–water partition coefficient (Wildman–Crippen LogP) is 1.13. The number of rotatable bonds is 5. The lowest BCUT2D eigenvalue weighted by atomic mass is 10.0. The highest BCUT2D eigenvalue weighted by Crippen LogP contribution is 2.20. The Morgan fingerprint density at radius 2 is 2.18 bits per heavy atom. The molecule has 1 saturated heterocycles. The number of sulfonamides is 1. The van der Waals surface area contributed by atoms with Gasteiger partial charge >= 0.3 is 0 Å². The molecule has 2 rings (SSSR count). The molecular formula is C15H22N2O4S. The number of carbonyl (C=O) groups excluding carboxylic acids is 1. The third-order valence-corrected chi connectivity index (χ3v) is 5.07. The average molecular weight is 326 g/mol. The Labute approximate surface area is 131 Å². The molecule has 1 fully saturated rings. The summed E-state index contributed by atoms with van der Waals surface area (Å²) in [4.78, 5) is 12.3. The first-order chi connectivity index (χ1) is 10.4. The molecule has 0 bridgehead atoms. The van der Waals surface area contributed by atoms with Crippen molar-refractivity contribution in [3.8, 4) is 5.75 Å². The standard InChI is InChI=1S/C15H22N2O4S/c1-21-13-7-5-6-12(10-13)11-16-15(18)14-8-3-4-9-17(14)22(2,19)20/h5-7,10,14H,3-4,8-9,11H2,1-2H3,(H,16,18). The molecule has 1 aromatic rings. The summed E-state index contributed by atoms with van der Waals surface area (Å²) < 4.78 is 30.0. The van der Waals surface area contributed by atoms with Gasteiger partial charge in [0.1, 0.15) is 11.8 Å². The van der Waals surface area contributed by atoms with E-state index in [1.54, 1.807) is 7.11 Å². The summed E-state index contributed by atoms with van der Waals surface area (Å²) in [6.45, 7) is 0.764. The minimum atomic E-state index is -3.36. The van der Waals surface area contributed by atoms with Gasteiger partial charge in [-0.05, 0) is 30.5 Å². The van der Waals surface area contributed by atoms with Crippen molar-refractivity contribution in [2.75, 3.05) is 19.9 Å². The molecule has 0 spiro atoms. The van der Waals surface area contributed by atoms with Crippen molar-refractivity contribution in [3.63, 3.8) is 0 Å². The molecule has 7 heteroatoms. The van der Waals surface area contributed by atoms with Gasteiger partial charge in [0.15, 0.2) is 0 Å². The highest BCUT2D eigenvalue weighted by Gasteiger charge is 2.34. The number of nitrogens with zero attached hydrogens (tertiary/aromatic N) is 1. The molecular weight excluding hydrogens is 304 g/mol. The SMILES string of the molecule is COc1cccc(CNC(=O)C2CCCCN2S(C)(=O)=O)c1. The Kier molecular flexibility index (Phi) is 5.42. The molecule has 1 atom stereocenters. The molecule has 1 unspecified atom stereocenters. The van der Waals surface area contributed by atoms with Gasteiger partial charge in [-0.1, -0.05) is 18.6 Å². The second kappa shape index (κ2) is 7.11. The van der Waals surface area contributed by atoms with E-state index in [4.69, 9.17) is 4.74 Å². The van der Waals surface area contributed by atoms with Gasteiger partial charge in [-0.15, -0.1) is 0 Å². The molecule has 22 heavy (non-hydrogen) atoms. The molecule has 0 aromatic heterocycles. The Bertz CT molecular complexity index is 630. The van der Waals surface area contributed by atoms with Crippen molar-refractivity contribution in [1.82, 2.24) is 9.62 Å². The summed E-state index contributed by atoms with van der Waals surface area (Å²) in [6.07, 6.45) is 3.38. The second-order valence-corrected chi connectivity index (χ2v) is 7.39. The lowest BCUT2D eigenvalue weighted by Crippen LogP contribution is -2.51. The lowest BCUT2D eigenvalue weighted by molar-refractivity contribution is -0.125. The van der Waals surface area contributed by atoms with E-state index in [1.807, 2.05) is 24.3 Å². The van der Waals surface area contributed by atoms with E-state index in [0.29, 0.717) is 19.5 Å². The zero-order valence-electron chi connectivity index (χ0n) is 12.9. The zero-order chi connectivity index (χ0) is 16.2. The second-order valence-electron chi connectivity index (χ2n) is 5.45. The highest BCUT2D eigenvalue weighted by atomic mass is 32.2. The molecule has 1 aliphatic heterocycles. The van der Waals surface area contributed by atoms with Gasteiger partial charge in [0.2, 0.25) is 15.9 Å². The van der Waals surface area contributed by atoms with Crippen LogP contribution >= 0.6 is 0 Å². The first-order valence-corrected chi connectivity index (χ1v) is 9.14. The predicted molar refractivity (Wildman–Crippen MR) is 84.0 cm³/mol. The summed E-state index contributed by atoms with van der Waals surface area (Å²) in [5.41, 5.74) is 0.911. The average Bonchev–Trinajstić information content (AvgIpc) is 2.52. The van der Waals surface area contributed by atoms with Crippen LogP contribution in [0.3, 0.4) is 0 Å². The molecule has 122 valence electrons. The fourth-order valence-corrected chi connectivity index (χ4v) is 3.78. The topological polar surface area (TPSA) is 75.7 Å². The molecule has 1 N–H and O–H groups in total. The largest absolute Gasteiger partial charge is 0.497 e. The first kappa shape index (κ1) is 16.8. The summed E-state index contributed by atoms with van der Waals surface area (Å²) >= 11 is 0. The van der Waals surface area contributed by atoms with Crippen LogP contribution in [0.1, 0.15) is 24.8 Å². The number of hydrogen-bond donors (Lipinski definition) is 1. The van der Waals surface area contributed by atoms with Gasteiger partial charge < -0.3 is 10.1 Å². The Morgan fingerprint density at radius 1 is 1.41 bits per heavy atom. The van der Waals surface area contributed by atoms with Gasteiger partial charge in [0.05, 0.1) is 13.4 Å². The Morgan fingerprint density at radius 3 is 2.86 bits per heavy atom. The number of carbonyl (C=O) groups is 1. The normalized spacial score (nSPS) is 19.6. The number of nitrogens with one attached hydrogen (secondary N) is 1. The molecule has 1 aliphatic rings. The minimum Gasteiger partial charge on any atom is -0.497 e. The fourth-order valence-electron chi connectivity index (χ4n) is 2.65. The maximum atomic E-state index is 12.3. The van der Waals surface area contributed by atoms with Gasteiger partial charge in [0, 0.05) is 13.1 Å². The van der Waals surface area contributed by atoms with Crippen LogP contribution in [0, 0.1) is 0 Å².